The van der Waals surface area contributed by atoms with E-state index in [1.165, 1.54) is 4.90 Å². The van der Waals surface area contributed by atoms with Crippen molar-refractivity contribution in [2.45, 2.75) is 6.04 Å². The highest BCUT2D eigenvalue weighted by atomic mass is 32.2. The number of thioether (sulfide) groups is 1. The number of carbonyl (C=O) groups excluding carboxylic acids is 1. The van der Waals surface area contributed by atoms with E-state index in [-0.39, 0.29) is 12.5 Å². The Balaban J connectivity index is 1.93. The molecule has 1 saturated heterocycles. The van der Waals surface area contributed by atoms with Gasteiger partial charge in [-0.3, -0.25) is 4.79 Å². The fourth-order valence-corrected chi connectivity index (χ4v) is 2.89. The first-order valence-corrected chi connectivity index (χ1v) is 7.12. The van der Waals surface area contributed by atoms with Gasteiger partial charge in [-0.25, -0.2) is 4.79 Å². The zero-order valence-corrected chi connectivity index (χ0v) is 11.1. The summed E-state index contributed by atoms with van der Waals surface area (Å²) in [6, 6.07) is 8.26. The molecule has 0 bridgehead atoms. The Morgan fingerprint density at radius 2 is 2.11 bits per heavy atom. The van der Waals surface area contributed by atoms with Gasteiger partial charge in [0.1, 0.15) is 11.8 Å². The monoisotopic (exact) mass is 281 g/mol. The van der Waals surface area contributed by atoms with Gasteiger partial charge >= 0.3 is 5.97 Å². The minimum Gasteiger partial charge on any atom is -0.484 e. The van der Waals surface area contributed by atoms with E-state index < -0.39 is 12.0 Å². The van der Waals surface area contributed by atoms with Crippen LogP contribution in [0.1, 0.15) is 0 Å². The number of nitrogens with zero attached hydrogens (tertiary/aromatic N) is 1. The van der Waals surface area contributed by atoms with Gasteiger partial charge in [-0.05, 0) is 12.1 Å². The zero-order valence-electron chi connectivity index (χ0n) is 10.3. The summed E-state index contributed by atoms with van der Waals surface area (Å²) >= 11 is 1.55. The normalized spacial score (nSPS) is 18.9. The van der Waals surface area contributed by atoms with Crippen molar-refractivity contribution in [3.8, 4) is 5.75 Å². The minimum atomic E-state index is -0.958. The third-order valence-corrected chi connectivity index (χ3v) is 3.86. The van der Waals surface area contributed by atoms with Gasteiger partial charge in [-0.1, -0.05) is 18.2 Å². The quantitative estimate of drug-likeness (QED) is 0.895. The van der Waals surface area contributed by atoms with Gasteiger partial charge in [0, 0.05) is 18.1 Å². The first kappa shape index (κ1) is 13.7. The van der Waals surface area contributed by atoms with Crippen LogP contribution in [0.3, 0.4) is 0 Å². The van der Waals surface area contributed by atoms with Crippen LogP contribution in [0.2, 0.25) is 0 Å². The second kappa shape index (κ2) is 6.47. The van der Waals surface area contributed by atoms with Crippen LogP contribution >= 0.6 is 11.8 Å². The van der Waals surface area contributed by atoms with E-state index in [9.17, 15) is 9.59 Å². The van der Waals surface area contributed by atoms with Crippen LogP contribution in [-0.4, -0.2) is 52.6 Å². The second-order valence-electron chi connectivity index (χ2n) is 4.12. The maximum absolute atomic E-state index is 12.0. The average Bonchev–Trinajstić information content (AvgIpc) is 2.46. The van der Waals surface area contributed by atoms with Gasteiger partial charge in [0.05, 0.1) is 0 Å². The van der Waals surface area contributed by atoms with Crippen LogP contribution in [0, 0.1) is 0 Å². The summed E-state index contributed by atoms with van der Waals surface area (Å²) in [5, 5.41) is 9.09. The number of ether oxygens (including phenoxy) is 1. The summed E-state index contributed by atoms with van der Waals surface area (Å²) in [6.07, 6.45) is 0. The van der Waals surface area contributed by atoms with Crippen molar-refractivity contribution in [2.24, 2.45) is 0 Å². The van der Waals surface area contributed by atoms with Crippen molar-refractivity contribution in [1.29, 1.82) is 0 Å². The van der Waals surface area contributed by atoms with Gasteiger partial charge < -0.3 is 14.7 Å². The lowest BCUT2D eigenvalue weighted by molar-refractivity contribution is -0.150. The molecule has 19 heavy (non-hydrogen) atoms. The van der Waals surface area contributed by atoms with Gasteiger partial charge in [0.2, 0.25) is 0 Å². The number of rotatable bonds is 4. The summed E-state index contributed by atoms with van der Waals surface area (Å²) in [5.41, 5.74) is 0. The summed E-state index contributed by atoms with van der Waals surface area (Å²) < 4.78 is 5.36. The van der Waals surface area contributed by atoms with Gasteiger partial charge in [0.25, 0.3) is 5.91 Å². The summed E-state index contributed by atoms with van der Waals surface area (Å²) in [6.45, 7) is 0.330. The number of carbonyl (C=O) groups is 2. The van der Waals surface area contributed by atoms with Crippen LogP contribution in [0.5, 0.6) is 5.75 Å². The number of hydrogen-bond donors (Lipinski definition) is 1. The van der Waals surface area contributed by atoms with Gasteiger partial charge in [0.15, 0.2) is 6.61 Å². The average molecular weight is 281 g/mol. The number of para-hydroxylation sites is 1. The molecule has 1 heterocycles. The molecule has 102 valence electrons. The number of amides is 1. The highest BCUT2D eigenvalue weighted by molar-refractivity contribution is 7.99. The van der Waals surface area contributed by atoms with E-state index in [0.717, 1.165) is 5.75 Å². The molecular formula is C13H15NO4S. The van der Waals surface area contributed by atoms with E-state index in [1.807, 2.05) is 18.2 Å². The molecule has 0 radical (unpaired) electrons. The Hall–Kier alpha value is -1.69. The van der Waals surface area contributed by atoms with Crippen molar-refractivity contribution in [3.63, 3.8) is 0 Å². The van der Waals surface area contributed by atoms with E-state index in [4.69, 9.17) is 9.84 Å². The van der Waals surface area contributed by atoms with Gasteiger partial charge in [-0.2, -0.15) is 11.8 Å². The number of carboxylic acids is 1. The van der Waals surface area contributed by atoms with Crippen LogP contribution < -0.4 is 4.74 Å². The molecule has 1 atom stereocenters. The molecule has 0 aliphatic carbocycles. The molecule has 0 spiro atoms. The Morgan fingerprint density at radius 1 is 1.37 bits per heavy atom. The topological polar surface area (TPSA) is 66.8 Å². The number of hydrogen-bond acceptors (Lipinski definition) is 4. The Morgan fingerprint density at radius 3 is 2.79 bits per heavy atom. The van der Waals surface area contributed by atoms with E-state index in [2.05, 4.69) is 0 Å². The van der Waals surface area contributed by atoms with Crippen LogP contribution in [0.4, 0.5) is 0 Å². The molecule has 6 heteroatoms. The third-order valence-electron chi connectivity index (χ3n) is 2.84. The van der Waals surface area contributed by atoms with E-state index in [1.54, 1.807) is 23.9 Å². The summed E-state index contributed by atoms with van der Waals surface area (Å²) in [5.74, 6) is 0.568. The Kier molecular flexibility index (Phi) is 4.68. The van der Waals surface area contributed by atoms with Crippen molar-refractivity contribution < 1.29 is 19.4 Å². The van der Waals surface area contributed by atoms with Gasteiger partial charge in [-0.15, -0.1) is 0 Å². The molecule has 1 aliphatic heterocycles. The number of carboxylic acid groups (broad SMARTS) is 1. The minimum absolute atomic E-state index is 0.127. The van der Waals surface area contributed by atoms with E-state index in [0.29, 0.717) is 18.0 Å². The number of benzene rings is 1. The molecule has 1 fully saturated rings. The van der Waals surface area contributed by atoms with Crippen LogP contribution in [-0.2, 0) is 9.59 Å². The van der Waals surface area contributed by atoms with E-state index >= 15 is 0 Å². The number of aliphatic carboxylic acids is 1. The summed E-state index contributed by atoms with van der Waals surface area (Å²) in [4.78, 5) is 24.5. The van der Waals surface area contributed by atoms with Crippen LogP contribution in [0.15, 0.2) is 30.3 Å². The molecule has 1 aromatic rings. The maximum atomic E-state index is 12.0. The second-order valence-corrected chi connectivity index (χ2v) is 5.27. The third kappa shape index (κ3) is 3.64. The highest BCUT2D eigenvalue weighted by Crippen LogP contribution is 2.17. The zero-order chi connectivity index (χ0) is 13.7. The van der Waals surface area contributed by atoms with Crippen molar-refractivity contribution >= 4 is 23.6 Å². The molecule has 1 amide bonds. The molecule has 1 N–H and O–H groups in total. The lowest BCUT2D eigenvalue weighted by Gasteiger charge is -2.32. The predicted octanol–water partition coefficient (Wildman–Crippen LogP) is 1.09. The maximum Gasteiger partial charge on any atom is 0.327 e. The fraction of sp³-hybridized carbons (Fsp3) is 0.385. The SMILES string of the molecule is O=C(O)C1CSCCN1C(=O)COc1ccccc1. The Bertz CT molecular complexity index is 451. The summed E-state index contributed by atoms with van der Waals surface area (Å²) in [7, 11) is 0. The van der Waals surface area contributed by atoms with Crippen molar-refractivity contribution in [2.75, 3.05) is 24.7 Å². The standard InChI is InChI=1S/C13H15NO4S/c15-12(8-18-10-4-2-1-3-5-10)14-6-7-19-9-11(14)13(16)17/h1-5,11H,6-9H2,(H,16,17). The van der Waals surface area contributed by atoms with Crippen molar-refractivity contribution in [1.82, 2.24) is 4.90 Å². The molecule has 0 saturated carbocycles. The molecule has 1 aliphatic rings. The Labute approximate surface area is 115 Å². The fourth-order valence-electron chi connectivity index (χ4n) is 1.85. The smallest absolute Gasteiger partial charge is 0.327 e. The lowest BCUT2D eigenvalue weighted by Crippen LogP contribution is -2.51. The molecule has 2 rings (SSSR count). The van der Waals surface area contributed by atoms with Crippen LogP contribution in [0.25, 0.3) is 0 Å². The molecule has 1 aromatic carbocycles. The first-order chi connectivity index (χ1) is 9.18. The molecule has 5 nitrogen and oxygen atoms in total. The molecule has 0 aromatic heterocycles. The lowest BCUT2D eigenvalue weighted by atomic mass is 10.2. The largest absolute Gasteiger partial charge is 0.484 e. The first-order valence-electron chi connectivity index (χ1n) is 5.96. The molecular weight excluding hydrogens is 266 g/mol. The highest BCUT2D eigenvalue weighted by Gasteiger charge is 2.32. The molecule has 1 unspecified atom stereocenters. The van der Waals surface area contributed by atoms with Crippen molar-refractivity contribution in [3.05, 3.63) is 30.3 Å². The predicted molar refractivity (Wildman–Crippen MR) is 72.4 cm³/mol.